The fraction of sp³-hybridized carbons (Fsp3) is 0.208. The molecule has 5 rings (SSSR count). The number of primary amides is 1. The summed E-state index contributed by atoms with van der Waals surface area (Å²) >= 11 is 0. The second-order valence-electron chi connectivity index (χ2n) is 8.44. The first-order chi connectivity index (χ1) is 17.4. The monoisotopic (exact) mass is 485 g/mol. The first-order valence-corrected chi connectivity index (χ1v) is 11.3. The van der Waals surface area contributed by atoms with Crippen LogP contribution in [0.4, 0.5) is 5.82 Å². The molecule has 1 atom stereocenters. The molecule has 12 nitrogen and oxygen atoms in total. The van der Waals surface area contributed by atoms with Crippen LogP contribution < -0.4 is 16.9 Å². The van der Waals surface area contributed by atoms with Gasteiger partial charge < -0.3 is 16.4 Å². The Balaban J connectivity index is 1.64. The van der Waals surface area contributed by atoms with E-state index in [1.165, 1.54) is 24.4 Å². The Kier molecular flexibility index (Phi) is 5.76. The molecular formula is C24H23N9O3. The number of pyridine rings is 2. The van der Waals surface area contributed by atoms with E-state index in [0.29, 0.717) is 41.2 Å². The van der Waals surface area contributed by atoms with Crippen LogP contribution in [0.1, 0.15) is 29.2 Å². The number of rotatable bonds is 5. The maximum absolute atomic E-state index is 12.3. The van der Waals surface area contributed by atoms with Crippen molar-refractivity contribution >= 4 is 28.5 Å². The second kappa shape index (κ2) is 9.06. The molecule has 2 amide bonds. The van der Waals surface area contributed by atoms with Crippen LogP contribution in [-0.2, 0) is 4.79 Å². The molecule has 36 heavy (non-hydrogen) atoms. The summed E-state index contributed by atoms with van der Waals surface area (Å²) in [6, 6.07) is 2.60. The summed E-state index contributed by atoms with van der Waals surface area (Å²) in [5.41, 5.74) is 13.4. The largest absolute Gasteiger partial charge is 0.383 e. The van der Waals surface area contributed by atoms with Crippen LogP contribution in [0, 0.1) is 0 Å². The van der Waals surface area contributed by atoms with Crippen LogP contribution in [-0.4, -0.2) is 59.1 Å². The predicted octanol–water partition coefficient (Wildman–Crippen LogP) is 1.07. The Bertz CT molecular complexity index is 1540. The predicted molar refractivity (Wildman–Crippen MR) is 132 cm³/mol. The topological polar surface area (TPSA) is 168 Å². The Morgan fingerprint density at radius 3 is 2.50 bits per heavy atom. The minimum absolute atomic E-state index is 0.121. The van der Waals surface area contributed by atoms with Crippen LogP contribution in [0.15, 0.2) is 60.6 Å². The molecule has 1 saturated heterocycles. The van der Waals surface area contributed by atoms with Crippen LogP contribution in [0.2, 0.25) is 0 Å². The highest BCUT2D eigenvalue weighted by molar-refractivity contribution is 6.11. The van der Waals surface area contributed by atoms with Crippen molar-refractivity contribution in [3.05, 3.63) is 71.6 Å². The highest BCUT2D eigenvalue weighted by Crippen LogP contribution is 2.36. The molecule has 5 heterocycles. The molecule has 182 valence electrons. The number of amides is 2. The van der Waals surface area contributed by atoms with E-state index in [1.54, 1.807) is 38.9 Å². The molecule has 1 fully saturated rings. The summed E-state index contributed by atoms with van der Waals surface area (Å²) in [4.78, 5) is 50.7. The number of fused-ring (bicyclic) bond motifs is 1. The summed E-state index contributed by atoms with van der Waals surface area (Å²) < 4.78 is 3.32. The van der Waals surface area contributed by atoms with Gasteiger partial charge in [0.05, 0.1) is 22.5 Å². The Hall–Kier alpha value is -4.87. The molecule has 1 aliphatic heterocycles. The van der Waals surface area contributed by atoms with E-state index in [9.17, 15) is 14.4 Å². The smallest absolute Gasteiger partial charge is 0.252 e. The van der Waals surface area contributed by atoms with E-state index in [-0.39, 0.29) is 28.8 Å². The first-order valence-electron chi connectivity index (χ1n) is 11.3. The number of nitrogens with zero attached hydrogens (tertiary/aromatic N) is 7. The molecule has 0 saturated carbocycles. The fourth-order valence-electron chi connectivity index (χ4n) is 4.45. The van der Waals surface area contributed by atoms with Gasteiger partial charge in [-0.3, -0.25) is 23.6 Å². The van der Waals surface area contributed by atoms with E-state index >= 15 is 0 Å². The van der Waals surface area contributed by atoms with E-state index in [0.717, 1.165) is 12.8 Å². The summed E-state index contributed by atoms with van der Waals surface area (Å²) in [6.07, 6.45) is 10.4. The highest BCUT2D eigenvalue weighted by Gasteiger charge is 2.29. The number of hydrogen-bond donors (Lipinski definition) is 2. The van der Waals surface area contributed by atoms with Crippen molar-refractivity contribution in [2.24, 2.45) is 5.73 Å². The molecule has 0 bridgehead atoms. The zero-order valence-corrected chi connectivity index (χ0v) is 19.2. The molecule has 1 unspecified atom stereocenters. The number of carbonyl (C=O) groups is 2. The summed E-state index contributed by atoms with van der Waals surface area (Å²) in [5, 5.41) is 5.27. The van der Waals surface area contributed by atoms with Gasteiger partial charge in [0.1, 0.15) is 11.5 Å². The number of piperidine rings is 1. The van der Waals surface area contributed by atoms with Gasteiger partial charge in [0.15, 0.2) is 5.43 Å². The number of hydrogen-bond acceptors (Lipinski definition) is 8. The molecule has 1 aliphatic rings. The van der Waals surface area contributed by atoms with Crippen molar-refractivity contribution in [2.75, 3.05) is 18.8 Å². The van der Waals surface area contributed by atoms with Gasteiger partial charge in [-0.1, -0.05) is 6.58 Å². The van der Waals surface area contributed by atoms with Crippen molar-refractivity contribution in [2.45, 2.75) is 18.9 Å². The zero-order valence-electron chi connectivity index (χ0n) is 19.2. The van der Waals surface area contributed by atoms with Crippen LogP contribution >= 0.6 is 0 Å². The van der Waals surface area contributed by atoms with Crippen molar-refractivity contribution in [3.63, 3.8) is 0 Å². The van der Waals surface area contributed by atoms with Crippen LogP contribution in [0.5, 0.6) is 0 Å². The van der Waals surface area contributed by atoms with E-state index in [1.807, 2.05) is 0 Å². The molecule has 12 heteroatoms. The lowest BCUT2D eigenvalue weighted by atomic mass is 10.0. The third-order valence-electron chi connectivity index (χ3n) is 6.19. The highest BCUT2D eigenvalue weighted by atomic mass is 16.2. The first kappa shape index (κ1) is 22.9. The van der Waals surface area contributed by atoms with Crippen molar-refractivity contribution in [1.82, 2.24) is 34.2 Å². The average molecular weight is 486 g/mol. The van der Waals surface area contributed by atoms with Crippen molar-refractivity contribution < 1.29 is 9.59 Å². The van der Waals surface area contributed by atoms with Crippen LogP contribution in [0.3, 0.4) is 0 Å². The number of likely N-dealkylation sites (tertiary alicyclic amines) is 1. The quantitative estimate of drug-likeness (QED) is 0.396. The lowest BCUT2D eigenvalue weighted by Gasteiger charge is -2.32. The van der Waals surface area contributed by atoms with Gasteiger partial charge in [-0.05, 0) is 18.9 Å². The minimum atomic E-state index is -0.667. The summed E-state index contributed by atoms with van der Waals surface area (Å²) in [5.74, 6) is -0.299. The number of nitrogen functional groups attached to an aromatic ring is 1. The van der Waals surface area contributed by atoms with E-state index < -0.39 is 5.91 Å². The SMILES string of the molecule is C=CC(=O)N1CCCC(n2nc(-c3cnc(-n4ccc(=O)cc4)nc3)c3c(N)ncc(C(N)=O)c32)C1. The molecule has 0 spiro atoms. The standard InChI is InChI=1S/C24H23N9O3/c1-2-18(35)32-7-3-4-15(13-32)33-21-17(23(26)36)12-27-22(25)19(21)20(30-33)14-10-28-24(29-11-14)31-8-5-16(34)6-9-31/h2,5-6,8-12,15H,1,3-4,7,13H2,(H2,25,27)(H2,26,36). The van der Waals surface area contributed by atoms with Gasteiger partial charge in [0, 0.05) is 61.8 Å². The third-order valence-corrected chi connectivity index (χ3v) is 6.19. The summed E-state index contributed by atoms with van der Waals surface area (Å²) in [7, 11) is 0. The van der Waals surface area contributed by atoms with Gasteiger partial charge >= 0.3 is 0 Å². The van der Waals surface area contributed by atoms with Gasteiger partial charge in [-0.15, -0.1) is 0 Å². The number of nitrogens with two attached hydrogens (primary N) is 2. The molecule has 4 N–H and O–H groups in total. The molecular weight excluding hydrogens is 462 g/mol. The number of anilines is 1. The van der Waals surface area contributed by atoms with Gasteiger partial charge in [-0.2, -0.15) is 5.10 Å². The van der Waals surface area contributed by atoms with E-state index in [4.69, 9.17) is 16.6 Å². The molecule has 0 aromatic carbocycles. The molecule has 0 aliphatic carbocycles. The van der Waals surface area contributed by atoms with E-state index in [2.05, 4.69) is 21.5 Å². The second-order valence-corrected chi connectivity index (χ2v) is 8.44. The van der Waals surface area contributed by atoms with Crippen molar-refractivity contribution in [1.29, 1.82) is 0 Å². The Labute approximate surface area is 204 Å². The zero-order chi connectivity index (χ0) is 25.4. The van der Waals surface area contributed by atoms with Crippen molar-refractivity contribution in [3.8, 4) is 17.2 Å². The Morgan fingerprint density at radius 2 is 1.83 bits per heavy atom. The molecule has 4 aromatic rings. The Morgan fingerprint density at radius 1 is 1.11 bits per heavy atom. The lowest BCUT2D eigenvalue weighted by Crippen LogP contribution is -2.40. The third kappa shape index (κ3) is 3.98. The van der Waals surface area contributed by atoms with Gasteiger partial charge in [-0.25, -0.2) is 15.0 Å². The van der Waals surface area contributed by atoms with Gasteiger partial charge in [0.25, 0.3) is 5.91 Å². The fourth-order valence-corrected chi connectivity index (χ4v) is 4.45. The number of aromatic nitrogens is 6. The lowest BCUT2D eigenvalue weighted by molar-refractivity contribution is -0.127. The average Bonchev–Trinajstić information content (AvgIpc) is 3.30. The molecule has 4 aromatic heterocycles. The maximum atomic E-state index is 12.3. The summed E-state index contributed by atoms with van der Waals surface area (Å²) in [6.45, 7) is 4.58. The van der Waals surface area contributed by atoms with Crippen LogP contribution in [0.25, 0.3) is 28.1 Å². The van der Waals surface area contributed by atoms with Gasteiger partial charge in [0.2, 0.25) is 11.9 Å². The maximum Gasteiger partial charge on any atom is 0.252 e. The minimum Gasteiger partial charge on any atom is -0.383 e. The normalized spacial score (nSPS) is 15.7. The number of carbonyl (C=O) groups excluding carboxylic acids is 2. The molecule has 0 radical (unpaired) electrons.